The lowest BCUT2D eigenvalue weighted by molar-refractivity contribution is 0.501. The molecule has 0 amide bonds. The van der Waals surface area contributed by atoms with Crippen LogP contribution in [0, 0.1) is 5.92 Å². The molecule has 0 radical (unpaired) electrons. The standard InChI is InChI=1S/C12H19N3/c1-10-4-2-5-11(7-6-10)15-12-13-8-3-9-14-12/h3,8-11H,2,4-7H2,1H3,(H,13,14,15). The van der Waals surface area contributed by atoms with Crippen molar-refractivity contribution in [2.24, 2.45) is 5.92 Å². The molecule has 0 aliphatic heterocycles. The van der Waals surface area contributed by atoms with Gasteiger partial charge in [0.1, 0.15) is 0 Å². The van der Waals surface area contributed by atoms with E-state index in [1.54, 1.807) is 12.4 Å². The first-order chi connectivity index (χ1) is 7.34. The molecular weight excluding hydrogens is 186 g/mol. The van der Waals surface area contributed by atoms with Gasteiger partial charge in [0.25, 0.3) is 0 Å². The Morgan fingerprint density at radius 1 is 1.13 bits per heavy atom. The van der Waals surface area contributed by atoms with Gasteiger partial charge in [0.15, 0.2) is 0 Å². The Balaban J connectivity index is 1.89. The first-order valence-electron chi connectivity index (χ1n) is 5.88. The monoisotopic (exact) mass is 205 g/mol. The van der Waals surface area contributed by atoms with Crippen LogP contribution in [0.5, 0.6) is 0 Å². The number of hydrogen-bond acceptors (Lipinski definition) is 3. The van der Waals surface area contributed by atoms with Crippen LogP contribution in [0.1, 0.15) is 39.0 Å². The lowest BCUT2D eigenvalue weighted by atomic mass is 10.0. The lowest BCUT2D eigenvalue weighted by Crippen LogP contribution is -2.19. The van der Waals surface area contributed by atoms with Gasteiger partial charge in [0.05, 0.1) is 0 Å². The number of nitrogens with one attached hydrogen (secondary N) is 1. The van der Waals surface area contributed by atoms with E-state index in [9.17, 15) is 0 Å². The minimum absolute atomic E-state index is 0.567. The summed E-state index contributed by atoms with van der Waals surface area (Å²) < 4.78 is 0. The molecule has 3 nitrogen and oxygen atoms in total. The molecule has 1 saturated carbocycles. The summed E-state index contributed by atoms with van der Waals surface area (Å²) in [5.74, 6) is 1.66. The van der Waals surface area contributed by atoms with Crippen LogP contribution in [0.4, 0.5) is 5.95 Å². The Morgan fingerprint density at radius 3 is 2.73 bits per heavy atom. The molecular formula is C12H19N3. The van der Waals surface area contributed by atoms with Crippen LogP contribution in [-0.4, -0.2) is 16.0 Å². The molecule has 0 saturated heterocycles. The summed E-state index contributed by atoms with van der Waals surface area (Å²) >= 11 is 0. The van der Waals surface area contributed by atoms with Crippen LogP contribution in [0.25, 0.3) is 0 Å². The summed E-state index contributed by atoms with van der Waals surface area (Å²) in [5.41, 5.74) is 0. The van der Waals surface area contributed by atoms with Gasteiger partial charge in [-0.15, -0.1) is 0 Å². The van der Waals surface area contributed by atoms with Crippen molar-refractivity contribution >= 4 is 5.95 Å². The molecule has 0 spiro atoms. The predicted octanol–water partition coefficient (Wildman–Crippen LogP) is 2.86. The van der Waals surface area contributed by atoms with E-state index >= 15 is 0 Å². The van der Waals surface area contributed by atoms with Gasteiger partial charge in [0.2, 0.25) is 5.95 Å². The van der Waals surface area contributed by atoms with Gasteiger partial charge in [-0.3, -0.25) is 0 Å². The van der Waals surface area contributed by atoms with Gasteiger partial charge >= 0.3 is 0 Å². The third-order valence-electron chi connectivity index (χ3n) is 3.16. The highest BCUT2D eigenvalue weighted by Crippen LogP contribution is 2.23. The highest BCUT2D eigenvalue weighted by molar-refractivity contribution is 5.24. The van der Waals surface area contributed by atoms with Gasteiger partial charge in [-0.1, -0.05) is 19.8 Å². The largest absolute Gasteiger partial charge is 0.351 e. The van der Waals surface area contributed by atoms with Crippen molar-refractivity contribution in [1.82, 2.24) is 9.97 Å². The zero-order valence-corrected chi connectivity index (χ0v) is 9.32. The van der Waals surface area contributed by atoms with Crippen molar-refractivity contribution in [1.29, 1.82) is 0 Å². The summed E-state index contributed by atoms with van der Waals surface area (Å²) in [6, 6.07) is 2.41. The Labute approximate surface area is 91.3 Å². The molecule has 82 valence electrons. The number of anilines is 1. The zero-order chi connectivity index (χ0) is 10.5. The number of nitrogens with zero attached hydrogens (tertiary/aromatic N) is 2. The van der Waals surface area contributed by atoms with E-state index in [4.69, 9.17) is 0 Å². The lowest BCUT2D eigenvalue weighted by Gasteiger charge is -2.15. The van der Waals surface area contributed by atoms with Gasteiger partial charge < -0.3 is 5.32 Å². The molecule has 2 rings (SSSR count). The van der Waals surface area contributed by atoms with Crippen LogP contribution in [0.15, 0.2) is 18.5 Å². The molecule has 15 heavy (non-hydrogen) atoms. The van der Waals surface area contributed by atoms with E-state index in [0.29, 0.717) is 6.04 Å². The van der Waals surface area contributed by atoms with Gasteiger partial charge in [-0.2, -0.15) is 0 Å². The van der Waals surface area contributed by atoms with E-state index < -0.39 is 0 Å². The molecule has 2 atom stereocenters. The smallest absolute Gasteiger partial charge is 0.222 e. The predicted molar refractivity (Wildman–Crippen MR) is 61.7 cm³/mol. The van der Waals surface area contributed by atoms with Crippen molar-refractivity contribution in [3.8, 4) is 0 Å². The molecule has 0 aromatic carbocycles. The maximum Gasteiger partial charge on any atom is 0.222 e. The van der Waals surface area contributed by atoms with Crippen molar-refractivity contribution in [3.05, 3.63) is 18.5 Å². The number of rotatable bonds is 2. The molecule has 1 heterocycles. The normalized spacial score (nSPS) is 27.0. The minimum atomic E-state index is 0.567. The molecule has 1 aliphatic carbocycles. The molecule has 1 aromatic rings. The summed E-state index contributed by atoms with van der Waals surface area (Å²) in [5, 5.41) is 3.42. The number of aromatic nitrogens is 2. The highest BCUT2D eigenvalue weighted by Gasteiger charge is 2.16. The van der Waals surface area contributed by atoms with Crippen LogP contribution >= 0.6 is 0 Å². The highest BCUT2D eigenvalue weighted by atomic mass is 15.1. The Morgan fingerprint density at radius 2 is 1.93 bits per heavy atom. The van der Waals surface area contributed by atoms with E-state index in [-0.39, 0.29) is 0 Å². The molecule has 1 aromatic heterocycles. The maximum absolute atomic E-state index is 4.20. The second kappa shape index (κ2) is 5.10. The molecule has 1 aliphatic rings. The molecule has 3 heteroatoms. The molecule has 2 unspecified atom stereocenters. The zero-order valence-electron chi connectivity index (χ0n) is 9.32. The molecule has 1 fully saturated rings. The third kappa shape index (κ3) is 3.18. The summed E-state index contributed by atoms with van der Waals surface area (Å²) in [4.78, 5) is 8.40. The van der Waals surface area contributed by atoms with Gasteiger partial charge in [-0.25, -0.2) is 9.97 Å². The van der Waals surface area contributed by atoms with Crippen LogP contribution in [0.3, 0.4) is 0 Å². The van der Waals surface area contributed by atoms with Gasteiger partial charge in [0, 0.05) is 18.4 Å². The molecule has 1 N–H and O–H groups in total. The third-order valence-corrected chi connectivity index (χ3v) is 3.16. The van der Waals surface area contributed by atoms with Crippen molar-refractivity contribution in [2.45, 2.75) is 45.1 Å². The van der Waals surface area contributed by atoms with Crippen LogP contribution in [-0.2, 0) is 0 Å². The Kier molecular flexibility index (Phi) is 3.54. The minimum Gasteiger partial charge on any atom is -0.351 e. The van der Waals surface area contributed by atoms with Crippen LogP contribution in [0.2, 0.25) is 0 Å². The fourth-order valence-electron chi connectivity index (χ4n) is 2.19. The summed E-state index contributed by atoms with van der Waals surface area (Å²) in [7, 11) is 0. The fraction of sp³-hybridized carbons (Fsp3) is 0.667. The topological polar surface area (TPSA) is 37.8 Å². The van der Waals surface area contributed by atoms with Crippen molar-refractivity contribution < 1.29 is 0 Å². The second-order valence-electron chi connectivity index (χ2n) is 4.53. The maximum atomic E-state index is 4.20. The first kappa shape index (κ1) is 10.4. The summed E-state index contributed by atoms with van der Waals surface area (Å²) in [6.07, 6.45) is 10.1. The second-order valence-corrected chi connectivity index (χ2v) is 4.53. The number of hydrogen-bond donors (Lipinski definition) is 1. The average Bonchev–Trinajstić information content (AvgIpc) is 2.46. The molecule has 0 bridgehead atoms. The summed E-state index contributed by atoms with van der Waals surface area (Å²) in [6.45, 7) is 2.35. The van der Waals surface area contributed by atoms with E-state index in [1.165, 1.54) is 32.1 Å². The Bertz CT molecular complexity index is 286. The van der Waals surface area contributed by atoms with Gasteiger partial charge in [-0.05, 0) is 31.2 Å². The fourth-order valence-corrected chi connectivity index (χ4v) is 2.19. The SMILES string of the molecule is CC1CCCC(Nc2ncccn2)CC1. The van der Waals surface area contributed by atoms with E-state index in [2.05, 4.69) is 22.2 Å². The van der Waals surface area contributed by atoms with Crippen molar-refractivity contribution in [3.63, 3.8) is 0 Å². The quantitative estimate of drug-likeness (QED) is 0.754. The Hall–Kier alpha value is -1.12. The van der Waals surface area contributed by atoms with Crippen molar-refractivity contribution in [2.75, 3.05) is 5.32 Å². The first-order valence-corrected chi connectivity index (χ1v) is 5.88. The average molecular weight is 205 g/mol. The van der Waals surface area contributed by atoms with E-state index in [0.717, 1.165) is 11.9 Å². The van der Waals surface area contributed by atoms with E-state index in [1.807, 2.05) is 6.07 Å². The van der Waals surface area contributed by atoms with Crippen LogP contribution < -0.4 is 5.32 Å².